The van der Waals surface area contributed by atoms with Crippen LogP contribution in [0.2, 0.25) is 0 Å². The Bertz CT molecular complexity index is 284. The van der Waals surface area contributed by atoms with Gasteiger partial charge in [0.2, 0.25) is 0 Å². The van der Waals surface area contributed by atoms with Crippen LogP contribution >= 0.6 is 0 Å². The van der Waals surface area contributed by atoms with Gasteiger partial charge in [0.15, 0.2) is 5.82 Å². The fraction of sp³-hybridized carbons (Fsp3) is 0.400. The number of nitrogens with zero attached hydrogens (tertiary/aromatic N) is 1. The molecule has 0 aliphatic carbocycles. The van der Waals surface area contributed by atoms with Gasteiger partial charge < -0.3 is 9.64 Å². The number of ether oxygens (including phenoxy) is 1. The predicted molar refractivity (Wildman–Crippen MR) is 48.3 cm³/mol. The first-order valence-electron chi connectivity index (χ1n) is 4.37. The zero-order chi connectivity index (χ0) is 9.10. The van der Waals surface area contributed by atoms with E-state index in [0.717, 1.165) is 13.1 Å². The molecule has 1 heterocycles. The van der Waals surface area contributed by atoms with Gasteiger partial charge in [-0.05, 0) is 6.07 Å². The second-order valence-electron chi connectivity index (χ2n) is 2.97. The molecule has 69 valence electrons. The van der Waals surface area contributed by atoms with Crippen LogP contribution in [-0.4, -0.2) is 26.3 Å². The molecule has 0 unspecified atom stereocenters. The molecule has 1 aromatic carbocycles. The normalized spacial score (nSPS) is 17.5. The van der Waals surface area contributed by atoms with E-state index in [1.54, 1.807) is 18.2 Å². The molecule has 1 aromatic rings. The molecule has 0 spiro atoms. The molecule has 1 radical (unpaired) electrons. The van der Waals surface area contributed by atoms with E-state index in [2.05, 4.69) is 6.07 Å². The minimum atomic E-state index is -0.274. The molecule has 0 amide bonds. The molecule has 1 aliphatic rings. The van der Waals surface area contributed by atoms with Gasteiger partial charge in [0.1, 0.15) is 0 Å². The maximum absolute atomic E-state index is 13.2. The first-order valence-corrected chi connectivity index (χ1v) is 4.37. The Hall–Kier alpha value is -1.09. The average molecular weight is 180 g/mol. The van der Waals surface area contributed by atoms with Crippen LogP contribution < -0.4 is 4.90 Å². The molecule has 2 nitrogen and oxygen atoms in total. The Kier molecular flexibility index (Phi) is 2.45. The average Bonchev–Trinajstić information content (AvgIpc) is 2.20. The third-order valence-corrected chi connectivity index (χ3v) is 2.14. The summed E-state index contributed by atoms with van der Waals surface area (Å²) >= 11 is 0. The second kappa shape index (κ2) is 3.75. The molecule has 1 saturated heterocycles. The summed E-state index contributed by atoms with van der Waals surface area (Å²) in [6.45, 7) is 2.87. The monoisotopic (exact) mass is 180 g/mol. The summed E-state index contributed by atoms with van der Waals surface area (Å²) in [6.07, 6.45) is 0. The summed E-state index contributed by atoms with van der Waals surface area (Å²) < 4.78 is 18.4. The molecule has 0 aromatic heterocycles. The zero-order valence-electron chi connectivity index (χ0n) is 7.29. The second-order valence-corrected chi connectivity index (χ2v) is 2.97. The number of benzene rings is 1. The van der Waals surface area contributed by atoms with E-state index in [9.17, 15) is 4.39 Å². The van der Waals surface area contributed by atoms with Crippen LogP contribution in [0.25, 0.3) is 0 Å². The van der Waals surface area contributed by atoms with Crippen molar-refractivity contribution in [1.29, 1.82) is 0 Å². The summed E-state index contributed by atoms with van der Waals surface area (Å²) in [6, 6.07) is 7.71. The Balaban J connectivity index is 2.18. The molecule has 13 heavy (non-hydrogen) atoms. The van der Waals surface area contributed by atoms with E-state index < -0.39 is 0 Å². The van der Waals surface area contributed by atoms with E-state index in [-0.39, 0.29) is 5.82 Å². The SMILES string of the molecule is Fc1[c]cccc1N1CCOCC1. The molecule has 1 aliphatic heterocycles. The fourth-order valence-corrected chi connectivity index (χ4v) is 1.46. The fourth-order valence-electron chi connectivity index (χ4n) is 1.46. The molecule has 0 bridgehead atoms. The van der Waals surface area contributed by atoms with Crippen LogP contribution in [0.4, 0.5) is 10.1 Å². The lowest BCUT2D eigenvalue weighted by atomic mass is 10.2. The van der Waals surface area contributed by atoms with Crippen LogP contribution in [-0.2, 0) is 4.74 Å². The first kappa shape index (κ1) is 8.51. The van der Waals surface area contributed by atoms with Gasteiger partial charge in [-0.15, -0.1) is 0 Å². The maximum atomic E-state index is 13.2. The quantitative estimate of drug-likeness (QED) is 0.648. The van der Waals surface area contributed by atoms with Crippen molar-refractivity contribution in [1.82, 2.24) is 0 Å². The number of halogens is 1. The van der Waals surface area contributed by atoms with Gasteiger partial charge in [-0.25, -0.2) is 4.39 Å². The summed E-state index contributed by atoms with van der Waals surface area (Å²) in [5.74, 6) is -0.274. The molecule has 0 N–H and O–H groups in total. The van der Waals surface area contributed by atoms with Gasteiger partial charge in [-0.1, -0.05) is 12.1 Å². The Morgan fingerprint density at radius 1 is 1.38 bits per heavy atom. The van der Waals surface area contributed by atoms with Crippen molar-refractivity contribution in [2.45, 2.75) is 0 Å². The number of rotatable bonds is 1. The summed E-state index contributed by atoms with van der Waals surface area (Å²) in [7, 11) is 0. The Morgan fingerprint density at radius 2 is 2.15 bits per heavy atom. The van der Waals surface area contributed by atoms with E-state index in [1.807, 2.05) is 4.90 Å². The molecular weight excluding hydrogens is 169 g/mol. The van der Waals surface area contributed by atoms with Crippen molar-refractivity contribution in [2.75, 3.05) is 31.2 Å². The maximum Gasteiger partial charge on any atom is 0.154 e. The highest BCUT2D eigenvalue weighted by Crippen LogP contribution is 2.18. The van der Waals surface area contributed by atoms with Crippen LogP contribution in [0, 0.1) is 11.9 Å². The lowest BCUT2D eigenvalue weighted by Crippen LogP contribution is -2.36. The van der Waals surface area contributed by atoms with Crippen molar-refractivity contribution in [3.63, 3.8) is 0 Å². The molecule has 3 heteroatoms. The van der Waals surface area contributed by atoms with Gasteiger partial charge >= 0.3 is 0 Å². The third kappa shape index (κ3) is 1.80. The van der Waals surface area contributed by atoms with Crippen molar-refractivity contribution in [2.24, 2.45) is 0 Å². The number of morpholine rings is 1. The number of hydrogen-bond acceptors (Lipinski definition) is 2. The Morgan fingerprint density at radius 3 is 2.85 bits per heavy atom. The molecule has 0 atom stereocenters. The smallest absolute Gasteiger partial charge is 0.154 e. The largest absolute Gasteiger partial charge is 0.378 e. The van der Waals surface area contributed by atoms with Crippen LogP contribution in [0.3, 0.4) is 0 Å². The number of anilines is 1. The topological polar surface area (TPSA) is 12.5 Å². The minimum Gasteiger partial charge on any atom is -0.378 e. The molecular formula is C10H11FNO. The summed E-state index contributed by atoms with van der Waals surface area (Å²) in [4.78, 5) is 1.98. The van der Waals surface area contributed by atoms with Gasteiger partial charge in [0.05, 0.1) is 18.9 Å². The van der Waals surface area contributed by atoms with Crippen LogP contribution in [0.1, 0.15) is 0 Å². The number of hydrogen-bond donors (Lipinski definition) is 0. The lowest BCUT2D eigenvalue weighted by molar-refractivity contribution is 0.122. The van der Waals surface area contributed by atoms with Crippen molar-refractivity contribution in [3.05, 3.63) is 30.1 Å². The van der Waals surface area contributed by atoms with E-state index >= 15 is 0 Å². The molecule has 1 fully saturated rings. The van der Waals surface area contributed by atoms with E-state index in [4.69, 9.17) is 4.74 Å². The highest BCUT2D eigenvalue weighted by atomic mass is 19.1. The minimum absolute atomic E-state index is 0.274. The summed E-state index contributed by atoms with van der Waals surface area (Å²) in [5.41, 5.74) is 0.630. The van der Waals surface area contributed by atoms with Crippen molar-refractivity contribution in [3.8, 4) is 0 Å². The van der Waals surface area contributed by atoms with Crippen molar-refractivity contribution >= 4 is 5.69 Å². The highest BCUT2D eigenvalue weighted by Gasteiger charge is 2.13. The van der Waals surface area contributed by atoms with Gasteiger partial charge in [0.25, 0.3) is 0 Å². The highest BCUT2D eigenvalue weighted by molar-refractivity contribution is 5.47. The third-order valence-electron chi connectivity index (χ3n) is 2.14. The first-order chi connectivity index (χ1) is 6.38. The predicted octanol–water partition coefficient (Wildman–Crippen LogP) is 1.46. The van der Waals surface area contributed by atoms with E-state index in [1.165, 1.54) is 0 Å². The van der Waals surface area contributed by atoms with Crippen LogP contribution in [0.5, 0.6) is 0 Å². The lowest BCUT2D eigenvalue weighted by Gasteiger charge is -2.28. The van der Waals surface area contributed by atoms with Gasteiger partial charge in [0, 0.05) is 19.2 Å². The molecule has 2 rings (SSSR count). The summed E-state index contributed by atoms with van der Waals surface area (Å²) in [5, 5.41) is 0. The Labute approximate surface area is 76.9 Å². The standard InChI is InChI=1S/C10H11FNO/c11-9-3-1-2-4-10(9)12-5-7-13-8-6-12/h1-2,4H,5-8H2. The van der Waals surface area contributed by atoms with Gasteiger partial charge in [-0.2, -0.15) is 0 Å². The van der Waals surface area contributed by atoms with Crippen LogP contribution in [0.15, 0.2) is 18.2 Å². The van der Waals surface area contributed by atoms with Gasteiger partial charge in [-0.3, -0.25) is 0 Å². The van der Waals surface area contributed by atoms with E-state index in [0.29, 0.717) is 18.9 Å². The zero-order valence-corrected chi connectivity index (χ0v) is 7.29. The molecule has 0 saturated carbocycles. The van der Waals surface area contributed by atoms with Crippen molar-refractivity contribution < 1.29 is 9.13 Å².